The second-order valence-corrected chi connectivity index (χ2v) is 4.35. The monoisotopic (exact) mass is 257 g/mol. The van der Waals surface area contributed by atoms with E-state index in [0.29, 0.717) is 11.7 Å². The van der Waals surface area contributed by atoms with Crippen molar-refractivity contribution in [1.29, 1.82) is 0 Å². The predicted octanol–water partition coefficient (Wildman–Crippen LogP) is 2.88. The van der Waals surface area contributed by atoms with Gasteiger partial charge in [-0.05, 0) is 43.4 Å². The van der Waals surface area contributed by atoms with Gasteiger partial charge >= 0.3 is 0 Å². The minimum Gasteiger partial charge on any atom is -0.357 e. The molecule has 92 valence electrons. The highest BCUT2D eigenvalue weighted by Gasteiger charge is 1.98. The van der Waals surface area contributed by atoms with Gasteiger partial charge in [0.25, 0.3) is 0 Å². The smallest absolute Gasteiger partial charge is 0.171 e. The van der Waals surface area contributed by atoms with Gasteiger partial charge in [-0.1, -0.05) is 24.3 Å². The molecule has 1 aromatic heterocycles. The summed E-state index contributed by atoms with van der Waals surface area (Å²) in [7, 11) is 0. The Labute approximate surface area is 112 Å². The van der Waals surface area contributed by atoms with Crippen LogP contribution in [-0.2, 0) is 6.54 Å². The molecule has 0 atom stereocenters. The molecular formula is C14H15N3S. The van der Waals surface area contributed by atoms with E-state index < -0.39 is 0 Å². The summed E-state index contributed by atoms with van der Waals surface area (Å²) in [5, 5.41) is 6.85. The lowest BCUT2D eigenvalue weighted by Crippen LogP contribution is -2.28. The number of pyridine rings is 1. The SMILES string of the molecule is Cc1cccc(CNC(=S)Nc2ccccc2)n1. The van der Waals surface area contributed by atoms with Crippen molar-refractivity contribution in [3.8, 4) is 0 Å². The first-order valence-corrected chi connectivity index (χ1v) is 6.17. The molecule has 0 aliphatic heterocycles. The molecule has 0 saturated heterocycles. The number of anilines is 1. The summed E-state index contributed by atoms with van der Waals surface area (Å²) in [6.07, 6.45) is 0. The third-order valence-corrected chi connectivity index (χ3v) is 2.65. The first kappa shape index (κ1) is 12.5. The van der Waals surface area contributed by atoms with Gasteiger partial charge in [0.05, 0.1) is 12.2 Å². The number of para-hydroxylation sites is 1. The fourth-order valence-electron chi connectivity index (χ4n) is 1.57. The van der Waals surface area contributed by atoms with Crippen LogP contribution in [0.5, 0.6) is 0 Å². The number of nitrogens with zero attached hydrogens (tertiary/aromatic N) is 1. The fourth-order valence-corrected chi connectivity index (χ4v) is 1.76. The molecule has 0 spiro atoms. The zero-order valence-electron chi connectivity index (χ0n) is 10.2. The molecular weight excluding hydrogens is 242 g/mol. The Morgan fingerprint density at radius 2 is 1.89 bits per heavy atom. The second-order valence-electron chi connectivity index (χ2n) is 3.94. The highest BCUT2D eigenvalue weighted by molar-refractivity contribution is 7.80. The molecule has 2 aromatic rings. The van der Waals surface area contributed by atoms with Crippen molar-refractivity contribution in [2.24, 2.45) is 0 Å². The van der Waals surface area contributed by atoms with Crippen LogP contribution in [0.3, 0.4) is 0 Å². The van der Waals surface area contributed by atoms with Crippen LogP contribution >= 0.6 is 12.2 Å². The first-order chi connectivity index (χ1) is 8.74. The Balaban J connectivity index is 1.85. The van der Waals surface area contributed by atoms with Crippen molar-refractivity contribution < 1.29 is 0 Å². The quantitative estimate of drug-likeness (QED) is 0.829. The summed E-state index contributed by atoms with van der Waals surface area (Å²) in [6.45, 7) is 2.60. The molecule has 3 nitrogen and oxygen atoms in total. The average Bonchev–Trinajstić information content (AvgIpc) is 2.38. The van der Waals surface area contributed by atoms with Gasteiger partial charge in [0, 0.05) is 11.4 Å². The molecule has 1 heterocycles. The molecule has 0 saturated carbocycles. The molecule has 4 heteroatoms. The van der Waals surface area contributed by atoms with Gasteiger partial charge in [0.2, 0.25) is 0 Å². The lowest BCUT2D eigenvalue weighted by molar-refractivity contribution is 0.873. The highest BCUT2D eigenvalue weighted by atomic mass is 32.1. The van der Waals surface area contributed by atoms with E-state index in [4.69, 9.17) is 12.2 Å². The molecule has 0 unspecified atom stereocenters. The largest absolute Gasteiger partial charge is 0.357 e. The molecule has 0 bridgehead atoms. The van der Waals surface area contributed by atoms with E-state index in [1.54, 1.807) is 0 Å². The van der Waals surface area contributed by atoms with E-state index in [1.807, 2.05) is 55.5 Å². The Morgan fingerprint density at radius 3 is 2.61 bits per heavy atom. The van der Waals surface area contributed by atoms with Crippen LogP contribution in [0.2, 0.25) is 0 Å². The minimum absolute atomic E-state index is 0.601. The van der Waals surface area contributed by atoms with Gasteiger partial charge in [0.1, 0.15) is 0 Å². The maximum absolute atomic E-state index is 5.22. The summed E-state index contributed by atoms with van der Waals surface area (Å²) in [5.74, 6) is 0. The minimum atomic E-state index is 0.601. The fraction of sp³-hybridized carbons (Fsp3) is 0.143. The lowest BCUT2D eigenvalue weighted by atomic mass is 10.3. The van der Waals surface area contributed by atoms with Crippen molar-refractivity contribution in [3.05, 3.63) is 59.9 Å². The van der Waals surface area contributed by atoms with Crippen molar-refractivity contribution in [1.82, 2.24) is 10.3 Å². The molecule has 0 radical (unpaired) electrons. The number of rotatable bonds is 3. The molecule has 0 fully saturated rings. The average molecular weight is 257 g/mol. The van der Waals surface area contributed by atoms with Crippen LogP contribution in [0.1, 0.15) is 11.4 Å². The lowest BCUT2D eigenvalue weighted by Gasteiger charge is -2.10. The molecule has 2 N–H and O–H groups in total. The molecule has 0 amide bonds. The zero-order chi connectivity index (χ0) is 12.8. The third kappa shape index (κ3) is 3.82. The molecule has 0 aliphatic rings. The topological polar surface area (TPSA) is 37.0 Å². The van der Waals surface area contributed by atoms with Crippen molar-refractivity contribution in [3.63, 3.8) is 0 Å². The predicted molar refractivity (Wildman–Crippen MR) is 78.5 cm³/mol. The van der Waals surface area contributed by atoms with Crippen LogP contribution < -0.4 is 10.6 Å². The van der Waals surface area contributed by atoms with Gasteiger partial charge in [0.15, 0.2) is 5.11 Å². The van der Waals surface area contributed by atoms with E-state index in [0.717, 1.165) is 17.1 Å². The van der Waals surface area contributed by atoms with Crippen molar-refractivity contribution in [2.75, 3.05) is 5.32 Å². The summed E-state index contributed by atoms with van der Waals surface area (Å²) in [5.41, 5.74) is 2.97. The number of thiocarbonyl (C=S) groups is 1. The second kappa shape index (κ2) is 6.12. The first-order valence-electron chi connectivity index (χ1n) is 5.76. The van der Waals surface area contributed by atoms with Crippen molar-refractivity contribution in [2.45, 2.75) is 13.5 Å². The Kier molecular flexibility index (Phi) is 4.25. The number of aryl methyl sites for hydroxylation is 1. The highest BCUT2D eigenvalue weighted by Crippen LogP contribution is 2.04. The maximum Gasteiger partial charge on any atom is 0.171 e. The number of hydrogen-bond acceptors (Lipinski definition) is 2. The molecule has 0 aliphatic carbocycles. The van der Waals surface area contributed by atoms with Gasteiger partial charge in [-0.3, -0.25) is 4.98 Å². The van der Waals surface area contributed by atoms with Crippen LogP contribution in [0.15, 0.2) is 48.5 Å². The molecule has 18 heavy (non-hydrogen) atoms. The summed E-state index contributed by atoms with van der Waals surface area (Å²) >= 11 is 5.22. The summed E-state index contributed by atoms with van der Waals surface area (Å²) in [6, 6.07) is 15.8. The standard InChI is InChI=1S/C14H15N3S/c1-11-6-5-9-13(16-11)10-15-14(18)17-12-7-3-2-4-8-12/h2-9H,10H2,1H3,(H2,15,17,18). The van der Waals surface area contributed by atoms with E-state index in [9.17, 15) is 0 Å². The van der Waals surface area contributed by atoms with Crippen LogP contribution in [-0.4, -0.2) is 10.1 Å². The Morgan fingerprint density at radius 1 is 1.11 bits per heavy atom. The molecule has 1 aromatic carbocycles. The normalized spacial score (nSPS) is 9.83. The maximum atomic E-state index is 5.22. The number of benzene rings is 1. The number of aromatic nitrogens is 1. The van der Waals surface area contributed by atoms with E-state index in [2.05, 4.69) is 15.6 Å². The summed E-state index contributed by atoms with van der Waals surface area (Å²) < 4.78 is 0. The number of hydrogen-bond donors (Lipinski definition) is 2. The van der Waals surface area contributed by atoms with Gasteiger partial charge in [-0.2, -0.15) is 0 Å². The van der Waals surface area contributed by atoms with Crippen molar-refractivity contribution >= 4 is 23.0 Å². The van der Waals surface area contributed by atoms with Crippen LogP contribution in [0.4, 0.5) is 5.69 Å². The Bertz CT molecular complexity index is 526. The summed E-state index contributed by atoms with van der Waals surface area (Å²) in [4.78, 5) is 4.40. The van der Waals surface area contributed by atoms with Gasteiger partial charge in [-0.15, -0.1) is 0 Å². The third-order valence-electron chi connectivity index (χ3n) is 2.41. The Hall–Kier alpha value is -1.94. The van der Waals surface area contributed by atoms with E-state index in [-0.39, 0.29) is 0 Å². The van der Waals surface area contributed by atoms with Gasteiger partial charge in [-0.25, -0.2) is 0 Å². The van der Waals surface area contributed by atoms with E-state index >= 15 is 0 Å². The van der Waals surface area contributed by atoms with E-state index in [1.165, 1.54) is 0 Å². The van der Waals surface area contributed by atoms with Gasteiger partial charge < -0.3 is 10.6 Å². The zero-order valence-corrected chi connectivity index (χ0v) is 11.0. The van der Waals surface area contributed by atoms with Crippen LogP contribution in [0, 0.1) is 6.92 Å². The number of nitrogens with one attached hydrogen (secondary N) is 2. The molecule has 2 rings (SSSR count). The van der Waals surface area contributed by atoms with Crippen LogP contribution in [0.25, 0.3) is 0 Å².